The fourth-order valence-corrected chi connectivity index (χ4v) is 6.29. The van der Waals surface area contributed by atoms with Crippen molar-refractivity contribution in [2.45, 2.75) is 37.3 Å². The van der Waals surface area contributed by atoms with Crippen molar-refractivity contribution < 1.29 is 23.1 Å². The summed E-state index contributed by atoms with van der Waals surface area (Å²) in [6.45, 7) is 0.290. The smallest absolute Gasteiger partial charge is 0.326 e. The van der Waals surface area contributed by atoms with Gasteiger partial charge in [0.1, 0.15) is 6.04 Å². The first kappa shape index (κ1) is 26.6. The number of rotatable bonds is 10. The van der Waals surface area contributed by atoms with Gasteiger partial charge in [-0.1, -0.05) is 91.0 Å². The Labute approximate surface area is 218 Å². The summed E-state index contributed by atoms with van der Waals surface area (Å²) in [5.74, 6) is -2.16. The Kier molecular flexibility index (Phi) is 8.41. The SMILES string of the molecule is CS(=O)(=O)N(CCCc1ccccc1)C1CC(C(=O)O)N(C(=O)C(c2ccccc2)c2ccccc2)C1. The quantitative estimate of drug-likeness (QED) is 0.439. The molecule has 1 saturated heterocycles. The van der Waals surface area contributed by atoms with Gasteiger partial charge >= 0.3 is 5.97 Å². The Hall–Kier alpha value is -3.49. The maximum atomic E-state index is 14.0. The van der Waals surface area contributed by atoms with Crippen molar-refractivity contribution in [2.24, 2.45) is 0 Å². The summed E-state index contributed by atoms with van der Waals surface area (Å²) in [6.07, 6.45) is 2.49. The average Bonchev–Trinajstić information content (AvgIpc) is 3.33. The number of hydrogen-bond acceptors (Lipinski definition) is 4. The number of hydrogen-bond donors (Lipinski definition) is 1. The van der Waals surface area contributed by atoms with Crippen molar-refractivity contribution in [1.82, 2.24) is 9.21 Å². The third kappa shape index (κ3) is 6.45. The van der Waals surface area contributed by atoms with Gasteiger partial charge in [-0.25, -0.2) is 13.2 Å². The van der Waals surface area contributed by atoms with Crippen molar-refractivity contribution in [3.05, 3.63) is 108 Å². The zero-order valence-corrected chi connectivity index (χ0v) is 21.6. The van der Waals surface area contributed by atoms with E-state index in [-0.39, 0.29) is 25.4 Å². The van der Waals surface area contributed by atoms with Crippen LogP contribution < -0.4 is 0 Å². The molecule has 4 rings (SSSR count). The zero-order valence-electron chi connectivity index (χ0n) is 20.8. The molecule has 2 atom stereocenters. The maximum absolute atomic E-state index is 14.0. The first-order valence-corrected chi connectivity index (χ1v) is 14.2. The fourth-order valence-electron chi connectivity index (χ4n) is 5.14. The maximum Gasteiger partial charge on any atom is 0.326 e. The lowest BCUT2D eigenvalue weighted by Gasteiger charge is -2.29. The van der Waals surface area contributed by atoms with Gasteiger partial charge in [-0.3, -0.25) is 4.79 Å². The van der Waals surface area contributed by atoms with E-state index < -0.39 is 34.0 Å². The number of benzene rings is 3. The normalized spacial score (nSPS) is 17.9. The van der Waals surface area contributed by atoms with E-state index in [9.17, 15) is 23.1 Å². The number of aliphatic carboxylic acids is 1. The lowest BCUT2D eigenvalue weighted by atomic mass is 9.90. The van der Waals surface area contributed by atoms with Crippen molar-refractivity contribution in [1.29, 1.82) is 0 Å². The molecule has 2 unspecified atom stereocenters. The minimum absolute atomic E-state index is 0.0321. The van der Waals surface area contributed by atoms with Crippen LogP contribution in [0, 0.1) is 0 Å². The Morgan fingerprint density at radius 3 is 1.92 bits per heavy atom. The molecule has 1 heterocycles. The number of carbonyl (C=O) groups excluding carboxylic acids is 1. The summed E-state index contributed by atoms with van der Waals surface area (Å²) in [4.78, 5) is 27.6. The largest absolute Gasteiger partial charge is 0.480 e. The van der Waals surface area contributed by atoms with E-state index in [1.807, 2.05) is 91.0 Å². The number of aryl methyl sites for hydroxylation is 1. The Morgan fingerprint density at radius 1 is 0.919 bits per heavy atom. The number of nitrogens with zero attached hydrogens (tertiary/aromatic N) is 2. The Bertz CT molecular complexity index is 1260. The lowest BCUT2D eigenvalue weighted by Crippen LogP contribution is -2.45. The fraction of sp³-hybridized carbons (Fsp3) is 0.310. The number of sulfonamides is 1. The van der Waals surface area contributed by atoms with Gasteiger partial charge < -0.3 is 10.0 Å². The van der Waals surface area contributed by atoms with E-state index in [1.54, 1.807) is 0 Å². The van der Waals surface area contributed by atoms with Gasteiger partial charge in [0.15, 0.2) is 0 Å². The van der Waals surface area contributed by atoms with Crippen molar-refractivity contribution in [2.75, 3.05) is 19.3 Å². The minimum atomic E-state index is -3.62. The van der Waals surface area contributed by atoms with E-state index in [0.29, 0.717) is 12.8 Å². The molecule has 1 fully saturated rings. The molecule has 1 aliphatic heterocycles. The number of carboxylic acid groups (broad SMARTS) is 1. The van der Waals surface area contributed by atoms with Crippen LogP contribution in [-0.4, -0.2) is 66.0 Å². The predicted molar refractivity (Wildman–Crippen MR) is 143 cm³/mol. The average molecular weight is 521 g/mol. The monoisotopic (exact) mass is 520 g/mol. The molecule has 194 valence electrons. The molecule has 0 saturated carbocycles. The molecule has 0 aromatic heterocycles. The van der Waals surface area contributed by atoms with E-state index in [4.69, 9.17) is 0 Å². The number of amides is 1. The lowest BCUT2D eigenvalue weighted by molar-refractivity contribution is -0.148. The summed E-state index contributed by atoms with van der Waals surface area (Å²) in [5.41, 5.74) is 2.62. The highest BCUT2D eigenvalue weighted by Gasteiger charge is 2.45. The topological polar surface area (TPSA) is 95.0 Å². The van der Waals surface area contributed by atoms with Crippen LogP contribution in [0.2, 0.25) is 0 Å². The van der Waals surface area contributed by atoms with Gasteiger partial charge in [-0.2, -0.15) is 4.31 Å². The highest BCUT2D eigenvalue weighted by atomic mass is 32.2. The highest BCUT2D eigenvalue weighted by molar-refractivity contribution is 7.88. The molecule has 0 spiro atoms. The molecule has 8 heteroatoms. The molecular weight excluding hydrogens is 488 g/mol. The Balaban J connectivity index is 1.59. The number of likely N-dealkylation sites (tertiary alicyclic amines) is 1. The molecule has 3 aromatic carbocycles. The molecule has 0 bridgehead atoms. The first-order valence-electron chi connectivity index (χ1n) is 12.4. The molecule has 1 amide bonds. The third-order valence-corrected chi connectivity index (χ3v) is 8.21. The molecule has 1 aliphatic rings. The van der Waals surface area contributed by atoms with Crippen LogP contribution >= 0.6 is 0 Å². The van der Waals surface area contributed by atoms with E-state index in [0.717, 1.165) is 22.9 Å². The minimum Gasteiger partial charge on any atom is -0.480 e. The van der Waals surface area contributed by atoms with Gasteiger partial charge in [0, 0.05) is 19.1 Å². The second-order valence-electron chi connectivity index (χ2n) is 9.45. The van der Waals surface area contributed by atoms with Gasteiger partial charge in [-0.05, 0) is 36.0 Å². The summed E-state index contributed by atoms with van der Waals surface area (Å²) < 4.78 is 26.9. The van der Waals surface area contributed by atoms with Crippen LogP contribution in [0.3, 0.4) is 0 Å². The summed E-state index contributed by atoms with van der Waals surface area (Å²) >= 11 is 0. The molecule has 37 heavy (non-hydrogen) atoms. The van der Waals surface area contributed by atoms with E-state index in [1.165, 1.54) is 9.21 Å². The van der Waals surface area contributed by atoms with Crippen LogP contribution in [0.25, 0.3) is 0 Å². The third-order valence-electron chi connectivity index (χ3n) is 6.88. The van der Waals surface area contributed by atoms with Crippen molar-refractivity contribution in [3.63, 3.8) is 0 Å². The summed E-state index contributed by atoms with van der Waals surface area (Å²) in [7, 11) is -3.62. The molecular formula is C29H32N2O5S. The van der Waals surface area contributed by atoms with E-state index in [2.05, 4.69) is 0 Å². The number of carbonyl (C=O) groups is 2. The second kappa shape index (κ2) is 11.7. The standard InChI is InChI=1S/C29H32N2O5S/c1-37(35,36)31(19-11-14-22-12-5-2-6-13-22)25-20-26(29(33)34)30(21-25)28(32)27(23-15-7-3-8-16-23)24-17-9-4-10-18-24/h2-10,12-13,15-18,25-27H,11,14,19-21H2,1H3,(H,33,34). The zero-order chi connectivity index (χ0) is 26.4. The van der Waals surface area contributed by atoms with Gasteiger partial charge in [0.05, 0.1) is 12.2 Å². The Morgan fingerprint density at radius 2 is 1.43 bits per heavy atom. The summed E-state index contributed by atoms with van der Waals surface area (Å²) in [6, 6.07) is 26.6. The molecule has 1 N–H and O–H groups in total. The molecule has 3 aromatic rings. The second-order valence-corrected chi connectivity index (χ2v) is 11.4. The van der Waals surface area contributed by atoms with Crippen LogP contribution in [0.1, 0.15) is 35.4 Å². The summed E-state index contributed by atoms with van der Waals surface area (Å²) in [5, 5.41) is 10.0. The van der Waals surface area contributed by atoms with Crippen LogP contribution in [0.4, 0.5) is 0 Å². The highest BCUT2D eigenvalue weighted by Crippen LogP contribution is 2.32. The molecule has 0 radical (unpaired) electrons. The first-order chi connectivity index (χ1) is 17.8. The van der Waals surface area contributed by atoms with E-state index >= 15 is 0 Å². The van der Waals surface area contributed by atoms with Crippen molar-refractivity contribution in [3.8, 4) is 0 Å². The van der Waals surface area contributed by atoms with Crippen molar-refractivity contribution >= 4 is 21.9 Å². The number of carboxylic acids is 1. The molecule has 0 aliphatic carbocycles. The van der Waals surface area contributed by atoms with Crippen LogP contribution in [0.5, 0.6) is 0 Å². The van der Waals surface area contributed by atoms with Gasteiger partial charge in [-0.15, -0.1) is 0 Å². The van der Waals surface area contributed by atoms with Crippen LogP contribution in [0.15, 0.2) is 91.0 Å². The van der Waals surface area contributed by atoms with Gasteiger partial charge in [0.25, 0.3) is 0 Å². The molecule has 7 nitrogen and oxygen atoms in total. The van der Waals surface area contributed by atoms with Crippen LogP contribution in [-0.2, 0) is 26.0 Å². The van der Waals surface area contributed by atoms with Gasteiger partial charge in [0.2, 0.25) is 15.9 Å². The predicted octanol–water partition coefficient (Wildman–Crippen LogP) is 3.77.